The van der Waals surface area contributed by atoms with Crippen LogP contribution in [-0.2, 0) is 0 Å². The molecule has 0 aliphatic carbocycles. The van der Waals surface area contributed by atoms with Gasteiger partial charge in [0.15, 0.2) is 0 Å². The van der Waals surface area contributed by atoms with Gasteiger partial charge >= 0.3 is 0 Å². The molecule has 0 saturated heterocycles. The second-order valence-corrected chi connectivity index (χ2v) is 2.71. The molecule has 1 N–H and O–H groups in total. The molecule has 0 bridgehead atoms. The fourth-order valence-electron chi connectivity index (χ4n) is 0.662. The van der Waals surface area contributed by atoms with E-state index in [0.29, 0.717) is 0 Å². The predicted molar refractivity (Wildman–Crippen MR) is 48.8 cm³/mol. The van der Waals surface area contributed by atoms with Gasteiger partial charge in [-0.1, -0.05) is 30.5 Å². The lowest BCUT2D eigenvalue weighted by Crippen LogP contribution is -1.81. The summed E-state index contributed by atoms with van der Waals surface area (Å²) in [6, 6.07) is 5.71. The van der Waals surface area contributed by atoms with E-state index in [1.165, 1.54) is 0 Å². The first kappa shape index (κ1) is 7.76. The maximum atomic E-state index is 5.82. The molecule has 1 aromatic rings. The smallest absolute Gasteiger partial charge is 0.0456 e. The Morgan fingerprint density at radius 3 is 2.70 bits per heavy atom. The number of hydrogen-bond donors (Lipinski definition) is 2. The number of halogens is 1. The summed E-state index contributed by atoms with van der Waals surface area (Å²) in [6.45, 7) is 1.96. The standard InChI is InChI=1S/C7H8ClNS/c1-5-2-3-6(9-10)4-7(5)8/h2-4,9-10H,1H3. The summed E-state index contributed by atoms with van der Waals surface area (Å²) in [7, 11) is 0. The molecule has 0 heterocycles. The quantitative estimate of drug-likeness (QED) is 0.623. The van der Waals surface area contributed by atoms with Crippen molar-refractivity contribution in [3.8, 4) is 0 Å². The van der Waals surface area contributed by atoms with Crippen LogP contribution in [0.2, 0.25) is 5.02 Å². The van der Waals surface area contributed by atoms with Crippen molar-refractivity contribution in [2.24, 2.45) is 0 Å². The third-order valence-corrected chi connectivity index (χ3v) is 1.97. The van der Waals surface area contributed by atoms with Crippen molar-refractivity contribution in [3.63, 3.8) is 0 Å². The van der Waals surface area contributed by atoms with Gasteiger partial charge in [-0.15, -0.1) is 0 Å². The Hall–Kier alpha value is -0.340. The zero-order chi connectivity index (χ0) is 7.56. The lowest BCUT2D eigenvalue weighted by Gasteiger charge is -2.00. The zero-order valence-corrected chi connectivity index (χ0v) is 7.21. The molecule has 1 aromatic carbocycles. The van der Waals surface area contributed by atoms with Crippen LogP contribution in [0.4, 0.5) is 5.69 Å². The Kier molecular flexibility index (Phi) is 2.46. The molecule has 0 aromatic heterocycles. The molecule has 0 aliphatic heterocycles. The van der Waals surface area contributed by atoms with E-state index in [2.05, 4.69) is 17.5 Å². The summed E-state index contributed by atoms with van der Waals surface area (Å²) >= 11 is 9.70. The molecule has 54 valence electrons. The van der Waals surface area contributed by atoms with Gasteiger partial charge in [0.2, 0.25) is 0 Å². The average molecular weight is 174 g/mol. The Labute approximate surface area is 70.9 Å². The minimum absolute atomic E-state index is 0.763. The molecule has 1 rings (SSSR count). The fourth-order valence-corrected chi connectivity index (χ4v) is 0.982. The van der Waals surface area contributed by atoms with Gasteiger partial charge in [0, 0.05) is 10.7 Å². The monoisotopic (exact) mass is 173 g/mol. The number of anilines is 1. The normalized spacial score (nSPS) is 9.50. The molecule has 3 heteroatoms. The van der Waals surface area contributed by atoms with Crippen molar-refractivity contribution in [1.29, 1.82) is 0 Å². The maximum Gasteiger partial charge on any atom is 0.0456 e. The van der Waals surface area contributed by atoms with Crippen LogP contribution < -0.4 is 4.72 Å². The SMILES string of the molecule is Cc1ccc(NS)cc1Cl. The fraction of sp³-hybridized carbons (Fsp3) is 0.143. The molecule has 0 fully saturated rings. The lowest BCUT2D eigenvalue weighted by molar-refractivity contribution is 1.47. The van der Waals surface area contributed by atoms with Crippen LogP contribution in [0.5, 0.6) is 0 Å². The van der Waals surface area contributed by atoms with E-state index in [4.69, 9.17) is 11.6 Å². The highest BCUT2D eigenvalue weighted by Crippen LogP contribution is 2.19. The maximum absolute atomic E-state index is 5.82. The van der Waals surface area contributed by atoms with Gasteiger partial charge in [-0.2, -0.15) is 0 Å². The van der Waals surface area contributed by atoms with E-state index in [0.717, 1.165) is 16.3 Å². The summed E-state index contributed by atoms with van der Waals surface area (Å²) in [5.41, 5.74) is 1.99. The van der Waals surface area contributed by atoms with Gasteiger partial charge in [-0.3, -0.25) is 0 Å². The number of rotatable bonds is 1. The summed E-state index contributed by atoms with van der Waals surface area (Å²) in [4.78, 5) is 0. The third-order valence-electron chi connectivity index (χ3n) is 1.30. The van der Waals surface area contributed by atoms with Crippen molar-refractivity contribution in [2.75, 3.05) is 4.72 Å². The van der Waals surface area contributed by atoms with E-state index in [1.54, 1.807) is 0 Å². The van der Waals surface area contributed by atoms with E-state index in [-0.39, 0.29) is 0 Å². The van der Waals surface area contributed by atoms with Crippen LogP contribution in [0, 0.1) is 6.92 Å². The Morgan fingerprint density at radius 2 is 2.20 bits per heavy atom. The predicted octanol–water partition coefficient (Wildman–Crippen LogP) is 2.91. The minimum atomic E-state index is 0.763. The van der Waals surface area contributed by atoms with Crippen molar-refractivity contribution in [2.45, 2.75) is 6.92 Å². The largest absolute Gasteiger partial charge is 0.332 e. The van der Waals surface area contributed by atoms with Crippen LogP contribution in [0.25, 0.3) is 0 Å². The molecule has 1 nitrogen and oxygen atoms in total. The first-order chi connectivity index (χ1) is 4.74. The van der Waals surface area contributed by atoms with E-state index < -0.39 is 0 Å². The summed E-state index contributed by atoms with van der Waals surface area (Å²) in [5.74, 6) is 0. The first-order valence-electron chi connectivity index (χ1n) is 2.90. The average Bonchev–Trinajstić information content (AvgIpc) is 1.95. The van der Waals surface area contributed by atoms with Gasteiger partial charge in [0.25, 0.3) is 0 Å². The van der Waals surface area contributed by atoms with E-state index >= 15 is 0 Å². The van der Waals surface area contributed by atoms with Crippen LogP contribution in [-0.4, -0.2) is 0 Å². The van der Waals surface area contributed by atoms with Crippen LogP contribution in [0.15, 0.2) is 18.2 Å². The van der Waals surface area contributed by atoms with Gasteiger partial charge in [-0.05, 0) is 24.6 Å². The van der Waals surface area contributed by atoms with Gasteiger partial charge in [0.1, 0.15) is 0 Å². The number of aryl methyl sites for hydroxylation is 1. The van der Waals surface area contributed by atoms with Crippen molar-refractivity contribution < 1.29 is 0 Å². The van der Waals surface area contributed by atoms with Crippen LogP contribution in [0.1, 0.15) is 5.56 Å². The summed E-state index contributed by atoms with van der Waals surface area (Å²) in [6.07, 6.45) is 0. The van der Waals surface area contributed by atoms with E-state index in [1.807, 2.05) is 25.1 Å². The summed E-state index contributed by atoms with van der Waals surface area (Å²) in [5, 5.41) is 0.763. The van der Waals surface area contributed by atoms with Gasteiger partial charge in [-0.25, -0.2) is 0 Å². The molecule has 0 amide bonds. The first-order valence-corrected chi connectivity index (χ1v) is 3.73. The second-order valence-electron chi connectivity index (χ2n) is 2.08. The highest BCUT2D eigenvalue weighted by Gasteiger charge is 1.94. The number of benzene rings is 1. The van der Waals surface area contributed by atoms with Gasteiger partial charge in [0.05, 0.1) is 0 Å². The Morgan fingerprint density at radius 1 is 1.50 bits per heavy atom. The molecule has 0 radical (unpaired) electrons. The molecule has 0 aliphatic rings. The topological polar surface area (TPSA) is 12.0 Å². The van der Waals surface area contributed by atoms with Crippen molar-refractivity contribution in [3.05, 3.63) is 28.8 Å². The van der Waals surface area contributed by atoms with Crippen LogP contribution >= 0.6 is 24.4 Å². The van der Waals surface area contributed by atoms with Crippen molar-refractivity contribution >= 4 is 30.1 Å². The number of hydrogen-bond acceptors (Lipinski definition) is 2. The second kappa shape index (κ2) is 3.17. The summed E-state index contributed by atoms with van der Waals surface area (Å²) < 4.78 is 2.70. The Bertz CT molecular complexity index is 237. The molecule has 0 saturated carbocycles. The number of thiol groups is 1. The molecular formula is C7H8ClNS. The molecule has 0 unspecified atom stereocenters. The lowest BCUT2D eigenvalue weighted by atomic mass is 10.2. The highest BCUT2D eigenvalue weighted by molar-refractivity contribution is 7.81. The molecule has 10 heavy (non-hydrogen) atoms. The minimum Gasteiger partial charge on any atom is -0.332 e. The highest BCUT2D eigenvalue weighted by atomic mass is 35.5. The Balaban J connectivity index is 3.04. The van der Waals surface area contributed by atoms with Crippen molar-refractivity contribution in [1.82, 2.24) is 0 Å². The van der Waals surface area contributed by atoms with Gasteiger partial charge < -0.3 is 4.72 Å². The van der Waals surface area contributed by atoms with E-state index in [9.17, 15) is 0 Å². The third kappa shape index (κ3) is 1.58. The zero-order valence-electron chi connectivity index (χ0n) is 5.56. The molecule has 0 spiro atoms. The molecular weight excluding hydrogens is 166 g/mol. The number of nitrogens with one attached hydrogen (secondary N) is 1. The molecule has 0 atom stereocenters. The van der Waals surface area contributed by atoms with Crippen LogP contribution in [0.3, 0.4) is 0 Å².